The van der Waals surface area contributed by atoms with Gasteiger partial charge >= 0.3 is 5.56 Å². The molecule has 0 aliphatic rings. The number of aromatic hydroxyl groups is 1. The van der Waals surface area contributed by atoms with E-state index in [-0.39, 0.29) is 12.1 Å². The largest absolute Gasteiger partial charge is 0.501 e. The van der Waals surface area contributed by atoms with Crippen molar-refractivity contribution in [3.05, 3.63) is 74.3 Å². The van der Waals surface area contributed by atoms with Crippen LogP contribution in [0.15, 0.2) is 52.6 Å². The minimum Gasteiger partial charge on any atom is -0.501 e. The van der Waals surface area contributed by atoms with Gasteiger partial charge in [-0.05, 0) is 17.7 Å². The number of hydrogen-bond acceptors (Lipinski definition) is 4. The topological polar surface area (TPSA) is 76.6 Å². The number of fused-ring (bicyclic) bond motifs is 1. The van der Waals surface area contributed by atoms with Crippen molar-refractivity contribution in [2.45, 2.75) is 6.54 Å². The van der Waals surface area contributed by atoms with Crippen LogP contribution in [0.3, 0.4) is 0 Å². The molecule has 0 fully saturated rings. The second-order valence-electron chi connectivity index (χ2n) is 4.52. The van der Waals surface area contributed by atoms with E-state index in [1.54, 1.807) is 30.6 Å². The molecule has 0 unspecified atom stereocenters. The number of hydrogen-bond donors (Lipinski definition) is 1. The van der Waals surface area contributed by atoms with Crippen LogP contribution in [0.25, 0.3) is 5.52 Å². The van der Waals surface area contributed by atoms with Crippen molar-refractivity contribution in [1.29, 1.82) is 0 Å². The Morgan fingerprint density at radius 3 is 2.81 bits per heavy atom. The lowest BCUT2D eigenvalue weighted by Gasteiger charge is -2.09. The minimum absolute atomic E-state index is 0.0977. The first-order valence-corrected chi connectivity index (χ1v) is 6.48. The van der Waals surface area contributed by atoms with E-state index in [0.29, 0.717) is 5.02 Å². The summed E-state index contributed by atoms with van der Waals surface area (Å²) in [5.41, 5.74) is -0.563. The van der Waals surface area contributed by atoms with E-state index in [0.717, 1.165) is 5.56 Å². The Morgan fingerprint density at radius 2 is 2.05 bits per heavy atom. The van der Waals surface area contributed by atoms with Crippen LogP contribution in [0.2, 0.25) is 5.02 Å². The molecule has 0 amide bonds. The molecular formula is C14H10ClN3O3. The molecule has 2 aromatic heterocycles. The van der Waals surface area contributed by atoms with E-state index < -0.39 is 16.9 Å². The third kappa shape index (κ3) is 2.41. The second kappa shape index (κ2) is 5.06. The number of rotatable bonds is 2. The van der Waals surface area contributed by atoms with Gasteiger partial charge in [0.05, 0.1) is 6.54 Å². The first kappa shape index (κ1) is 13.4. The Morgan fingerprint density at radius 1 is 1.24 bits per heavy atom. The zero-order valence-electron chi connectivity index (χ0n) is 10.7. The zero-order valence-corrected chi connectivity index (χ0v) is 11.5. The van der Waals surface area contributed by atoms with Gasteiger partial charge in [-0.1, -0.05) is 23.7 Å². The van der Waals surface area contributed by atoms with Crippen LogP contribution in [0.4, 0.5) is 0 Å². The van der Waals surface area contributed by atoms with Gasteiger partial charge in [0.25, 0.3) is 5.56 Å². The van der Waals surface area contributed by atoms with Crippen molar-refractivity contribution >= 4 is 17.1 Å². The van der Waals surface area contributed by atoms with Crippen molar-refractivity contribution in [2.24, 2.45) is 0 Å². The summed E-state index contributed by atoms with van der Waals surface area (Å²) in [6, 6.07) is 7.11. The quantitative estimate of drug-likeness (QED) is 0.773. The summed E-state index contributed by atoms with van der Waals surface area (Å²) >= 11 is 5.91. The Labute approximate surface area is 123 Å². The van der Waals surface area contributed by atoms with Gasteiger partial charge in [-0.2, -0.15) is 4.98 Å². The molecule has 7 heteroatoms. The van der Waals surface area contributed by atoms with E-state index in [9.17, 15) is 14.7 Å². The van der Waals surface area contributed by atoms with Crippen molar-refractivity contribution in [2.75, 3.05) is 0 Å². The summed E-state index contributed by atoms with van der Waals surface area (Å²) in [7, 11) is 0. The van der Waals surface area contributed by atoms with Crippen LogP contribution in [0.5, 0.6) is 5.75 Å². The highest BCUT2D eigenvalue weighted by atomic mass is 35.5. The van der Waals surface area contributed by atoms with E-state index in [1.165, 1.54) is 15.3 Å². The van der Waals surface area contributed by atoms with Gasteiger partial charge in [-0.3, -0.25) is 14.0 Å². The van der Waals surface area contributed by atoms with Crippen LogP contribution >= 0.6 is 11.6 Å². The summed E-state index contributed by atoms with van der Waals surface area (Å²) in [6.45, 7) is 0.284. The molecule has 0 saturated heterocycles. The minimum atomic E-state index is -0.826. The third-order valence-electron chi connectivity index (χ3n) is 3.10. The molecule has 6 nitrogen and oxygen atoms in total. The molecule has 0 spiro atoms. The van der Waals surface area contributed by atoms with Crippen molar-refractivity contribution in [1.82, 2.24) is 14.0 Å². The normalized spacial score (nSPS) is 10.9. The number of halogens is 1. The highest BCUT2D eigenvalue weighted by Crippen LogP contribution is 2.12. The summed E-state index contributed by atoms with van der Waals surface area (Å²) in [5, 5.41) is 10.3. The molecule has 2 heterocycles. The van der Waals surface area contributed by atoms with Gasteiger partial charge in [0.15, 0.2) is 5.52 Å². The predicted molar refractivity (Wildman–Crippen MR) is 77.9 cm³/mol. The lowest BCUT2D eigenvalue weighted by Crippen LogP contribution is -2.24. The molecule has 1 aromatic carbocycles. The van der Waals surface area contributed by atoms with Crippen LogP contribution in [0.1, 0.15) is 5.56 Å². The Bertz CT molecular complexity index is 946. The number of benzene rings is 1. The van der Waals surface area contributed by atoms with Gasteiger partial charge in [-0.25, -0.2) is 0 Å². The van der Waals surface area contributed by atoms with Gasteiger partial charge in [0.1, 0.15) is 6.33 Å². The SMILES string of the molecule is O=c1ncn2ccn(Cc3cccc(Cl)c3)c(=O)c2c1O. The maximum absolute atomic E-state index is 12.4. The molecule has 0 radical (unpaired) electrons. The van der Waals surface area contributed by atoms with Gasteiger partial charge in [0.2, 0.25) is 5.75 Å². The van der Waals surface area contributed by atoms with E-state index in [4.69, 9.17) is 11.6 Å². The molecule has 21 heavy (non-hydrogen) atoms. The fourth-order valence-electron chi connectivity index (χ4n) is 2.09. The molecule has 1 N–H and O–H groups in total. The fourth-order valence-corrected chi connectivity index (χ4v) is 2.31. The van der Waals surface area contributed by atoms with Crippen LogP contribution < -0.4 is 11.1 Å². The Hall–Kier alpha value is -2.60. The van der Waals surface area contributed by atoms with Crippen molar-refractivity contribution in [3.8, 4) is 5.75 Å². The van der Waals surface area contributed by atoms with E-state index in [2.05, 4.69) is 4.98 Å². The van der Waals surface area contributed by atoms with Crippen LogP contribution in [-0.2, 0) is 6.54 Å². The predicted octanol–water partition coefficient (Wildman–Crippen LogP) is 1.26. The lowest BCUT2D eigenvalue weighted by atomic mass is 10.2. The molecule has 0 bridgehead atoms. The molecule has 3 rings (SSSR count). The summed E-state index contributed by atoms with van der Waals surface area (Å²) < 4.78 is 2.70. The highest BCUT2D eigenvalue weighted by molar-refractivity contribution is 6.30. The second-order valence-corrected chi connectivity index (χ2v) is 4.95. The zero-order chi connectivity index (χ0) is 15.0. The van der Waals surface area contributed by atoms with Gasteiger partial charge in [-0.15, -0.1) is 0 Å². The average Bonchev–Trinajstić information content (AvgIpc) is 2.46. The highest BCUT2D eigenvalue weighted by Gasteiger charge is 2.11. The average molecular weight is 304 g/mol. The monoisotopic (exact) mass is 303 g/mol. The van der Waals surface area contributed by atoms with E-state index in [1.807, 2.05) is 6.07 Å². The van der Waals surface area contributed by atoms with E-state index >= 15 is 0 Å². The maximum Gasteiger partial charge on any atom is 0.315 e. The molecule has 106 valence electrons. The summed E-state index contributed by atoms with van der Waals surface area (Å²) in [6.07, 6.45) is 4.30. The summed E-state index contributed by atoms with van der Waals surface area (Å²) in [5.74, 6) is -0.650. The lowest BCUT2D eigenvalue weighted by molar-refractivity contribution is 0.468. The standard InChI is InChI=1S/C14H10ClN3O3/c15-10-3-1-2-9(6-10)7-17-4-5-18-8-16-13(20)12(19)11(18)14(17)21/h1-6,8,19H,7H2. The Kier molecular flexibility index (Phi) is 3.23. The molecule has 0 aliphatic carbocycles. The Balaban J connectivity index is 2.16. The summed E-state index contributed by atoms with van der Waals surface area (Å²) in [4.78, 5) is 27.2. The fraction of sp³-hybridized carbons (Fsp3) is 0.0714. The van der Waals surface area contributed by atoms with Gasteiger partial charge < -0.3 is 9.67 Å². The number of nitrogens with zero attached hydrogens (tertiary/aromatic N) is 3. The van der Waals surface area contributed by atoms with Crippen molar-refractivity contribution < 1.29 is 5.11 Å². The molecule has 3 aromatic rings. The maximum atomic E-state index is 12.4. The molecule has 0 saturated carbocycles. The molecule has 0 atom stereocenters. The smallest absolute Gasteiger partial charge is 0.315 e. The van der Waals surface area contributed by atoms with Crippen LogP contribution in [-0.4, -0.2) is 19.1 Å². The molecule has 0 aliphatic heterocycles. The molecular weight excluding hydrogens is 294 g/mol. The van der Waals surface area contributed by atoms with Crippen LogP contribution in [0, 0.1) is 0 Å². The first-order chi connectivity index (χ1) is 10.1. The third-order valence-corrected chi connectivity index (χ3v) is 3.33. The number of aromatic nitrogens is 3. The van der Waals surface area contributed by atoms with Crippen molar-refractivity contribution in [3.63, 3.8) is 0 Å². The van der Waals surface area contributed by atoms with Gasteiger partial charge in [0, 0.05) is 17.4 Å². The first-order valence-electron chi connectivity index (χ1n) is 6.10.